The van der Waals surface area contributed by atoms with Crippen molar-refractivity contribution in [2.24, 2.45) is 0 Å². The summed E-state index contributed by atoms with van der Waals surface area (Å²) >= 11 is 1.57. The topological polar surface area (TPSA) is 51.0 Å². The quantitative estimate of drug-likeness (QED) is 0.863. The standard InChI is InChI=1S/C10H13N3OS/c1-3-11-6-8-12-13-10(15-8)9-7(2)4-5-14-9/h4-5,11H,3,6H2,1-2H3. The first kappa shape index (κ1) is 10.3. The molecule has 5 heteroatoms. The van der Waals surface area contributed by atoms with Crippen LogP contribution in [0.2, 0.25) is 0 Å². The SMILES string of the molecule is CCNCc1nnc(-c2occc2C)s1. The molecule has 4 nitrogen and oxygen atoms in total. The molecular weight excluding hydrogens is 210 g/mol. The number of rotatable bonds is 4. The van der Waals surface area contributed by atoms with Crippen LogP contribution >= 0.6 is 11.3 Å². The van der Waals surface area contributed by atoms with E-state index in [0.717, 1.165) is 34.4 Å². The lowest BCUT2D eigenvalue weighted by molar-refractivity contribution is 0.579. The third-order valence-corrected chi connectivity index (χ3v) is 2.97. The summed E-state index contributed by atoms with van der Waals surface area (Å²) < 4.78 is 5.36. The Morgan fingerprint density at radius 2 is 2.33 bits per heavy atom. The monoisotopic (exact) mass is 223 g/mol. The Kier molecular flexibility index (Phi) is 3.13. The molecule has 2 rings (SSSR count). The van der Waals surface area contributed by atoms with Crippen molar-refractivity contribution in [2.75, 3.05) is 6.54 Å². The molecule has 2 aromatic rings. The van der Waals surface area contributed by atoms with Gasteiger partial charge in [0.25, 0.3) is 0 Å². The molecule has 0 aliphatic rings. The largest absolute Gasteiger partial charge is 0.461 e. The maximum absolute atomic E-state index is 5.36. The first-order valence-corrected chi connectivity index (χ1v) is 5.70. The van der Waals surface area contributed by atoms with Gasteiger partial charge in [0.05, 0.1) is 6.26 Å². The predicted octanol–water partition coefficient (Wildman–Crippen LogP) is 2.22. The second-order valence-corrected chi connectivity index (χ2v) is 4.28. The Labute approximate surface area is 92.3 Å². The summed E-state index contributed by atoms with van der Waals surface area (Å²) in [7, 11) is 0. The Morgan fingerprint density at radius 1 is 1.47 bits per heavy atom. The molecule has 0 aliphatic heterocycles. The smallest absolute Gasteiger partial charge is 0.183 e. The van der Waals surface area contributed by atoms with Crippen molar-refractivity contribution in [1.29, 1.82) is 0 Å². The average molecular weight is 223 g/mol. The highest BCUT2D eigenvalue weighted by molar-refractivity contribution is 7.14. The second kappa shape index (κ2) is 4.55. The fraction of sp³-hybridized carbons (Fsp3) is 0.400. The van der Waals surface area contributed by atoms with Crippen molar-refractivity contribution in [3.05, 3.63) is 22.9 Å². The van der Waals surface area contributed by atoms with Crippen LogP contribution in [0.3, 0.4) is 0 Å². The molecule has 15 heavy (non-hydrogen) atoms. The molecule has 0 amide bonds. The fourth-order valence-electron chi connectivity index (χ4n) is 1.24. The van der Waals surface area contributed by atoms with Gasteiger partial charge in [-0.25, -0.2) is 0 Å². The van der Waals surface area contributed by atoms with Gasteiger partial charge in [-0.3, -0.25) is 0 Å². The van der Waals surface area contributed by atoms with E-state index < -0.39 is 0 Å². The van der Waals surface area contributed by atoms with E-state index in [1.165, 1.54) is 0 Å². The zero-order valence-electron chi connectivity index (χ0n) is 8.78. The third-order valence-electron chi connectivity index (χ3n) is 2.05. The van der Waals surface area contributed by atoms with Crippen LogP contribution in [-0.2, 0) is 6.54 Å². The highest BCUT2D eigenvalue weighted by Gasteiger charge is 2.11. The normalized spacial score (nSPS) is 10.8. The highest BCUT2D eigenvalue weighted by Crippen LogP contribution is 2.26. The second-order valence-electron chi connectivity index (χ2n) is 3.21. The fourth-order valence-corrected chi connectivity index (χ4v) is 2.10. The maximum Gasteiger partial charge on any atom is 0.183 e. The van der Waals surface area contributed by atoms with Crippen molar-refractivity contribution in [3.8, 4) is 10.8 Å². The minimum Gasteiger partial charge on any atom is -0.461 e. The van der Waals surface area contributed by atoms with Gasteiger partial charge in [0.1, 0.15) is 5.01 Å². The van der Waals surface area contributed by atoms with Crippen LogP contribution < -0.4 is 5.32 Å². The van der Waals surface area contributed by atoms with E-state index in [-0.39, 0.29) is 0 Å². The maximum atomic E-state index is 5.36. The summed E-state index contributed by atoms with van der Waals surface area (Å²) in [6.45, 7) is 5.78. The Morgan fingerprint density at radius 3 is 3.00 bits per heavy atom. The Balaban J connectivity index is 2.17. The summed E-state index contributed by atoms with van der Waals surface area (Å²) in [4.78, 5) is 0. The van der Waals surface area contributed by atoms with Gasteiger partial charge in [-0.2, -0.15) is 0 Å². The molecule has 0 aliphatic carbocycles. The molecule has 2 heterocycles. The Hall–Kier alpha value is -1.20. The van der Waals surface area contributed by atoms with Crippen LogP contribution in [0.4, 0.5) is 0 Å². The van der Waals surface area contributed by atoms with E-state index in [4.69, 9.17) is 4.42 Å². The molecule has 1 N–H and O–H groups in total. The van der Waals surface area contributed by atoms with E-state index in [1.807, 2.05) is 13.0 Å². The average Bonchev–Trinajstić information content (AvgIpc) is 2.83. The lowest BCUT2D eigenvalue weighted by atomic mass is 10.3. The summed E-state index contributed by atoms with van der Waals surface area (Å²) in [5.74, 6) is 0.829. The van der Waals surface area contributed by atoms with Gasteiger partial charge in [-0.15, -0.1) is 10.2 Å². The zero-order chi connectivity index (χ0) is 10.7. The van der Waals surface area contributed by atoms with Crippen LogP contribution in [0.5, 0.6) is 0 Å². The number of hydrogen-bond acceptors (Lipinski definition) is 5. The van der Waals surface area contributed by atoms with Gasteiger partial charge in [0.15, 0.2) is 10.8 Å². The first-order chi connectivity index (χ1) is 7.31. The van der Waals surface area contributed by atoms with Crippen molar-refractivity contribution in [3.63, 3.8) is 0 Å². The number of nitrogens with one attached hydrogen (secondary N) is 1. The van der Waals surface area contributed by atoms with Crippen LogP contribution in [0.25, 0.3) is 10.8 Å². The van der Waals surface area contributed by atoms with Gasteiger partial charge >= 0.3 is 0 Å². The van der Waals surface area contributed by atoms with Crippen LogP contribution in [0.1, 0.15) is 17.5 Å². The molecular formula is C10H13N3OS. The molecule has 0 aromatic carbocycles. The van der Waals surface area contributed by atoms with Gasteiger partial charge in [-0.1, -0.05) is 18.3 Å². The zero-order valence-corrected chi connectivity index (χ0v) is 9.60. The number of nitrogens with zero attached hydrogens (tertiary/aromatic N) is 2. The van der Waals surface area contributed by atoms with Gasteiger partial charge < -0.3 is 9.73 Å². The van der Waals surface area contributed by atoms with Crippen molar-refractivity contribution in [1.82, 2.24) is 15.5 Å². The van der Waals surface area contributed by atoms with Gasteiger partial charge in [-0.05, 0) is 25.1 Å². The predicted molar refractivity (Wildman–Crippen MR) is 59.7 cm³/mol. The molecule has 0 unspecified atom stereocenters. The molecule has 0 atom stereocenters. The molecule has 2 aromatic heterocycles. The Bertz CT molecular complexity index is 435. The van der Waals surface area contributed by atoms with E-state index in [1.54, 1.807) is 17.6 Å². The minimum absolute atomic E-state index is 0.772. The third kappa shape index (κ3) is 2.24. The lowest BCUT2D eigenvalue weighted by Crippen LogP contribution is -2.11. The van der Waals surface area contributed by atoms with Crippen LogP contribution in [0, 0.1) is 6.92 Å². The summed E-state index contributed by atoms with van der Waals surface area (Å²) in [5, 5.41) is 13.3. The molecule has 0 saturated heterocycles. The molecule has 80 valence electrons. The van der Waals surface area contributed by atoms with Gasteiger partial charge in [0.2, 0.25) is 0 Å². The summed E-state index contributed by atoms with van der Waals surface area (Å²) in [6.07, 6.45) is 1.68. The molecule has 0 radical (unpaired) electrons. The van der Waals surface area contributed by atoms with E-state index >= 15 is 0 Å². The number of furan rings is 1. The number of hydrogen-bond donors (Lipinski definition) is 1. The first-order valence-electron chi connectivity index (χ1n) is 4.89. The van der Waals surface area contributed by atoms with Crippen molar-refractivity contribution < 1.29 is 4.42 Å². The minimum atomic E-state index is 0.772. The number of aromatic nitrogens is 2. The highest BCUT2D eigenvalue weighted by atomic mass is 32.1. The summed E-state index contributed by atoms with van der Waals surface area (Å²) in [6, 6.07) is 1.93. The van der Waals surface area contributed by atoms with Gasteiger partial charge in [0, 0.05) is 6.54 Å². The van der Waals surface area contributed by atoms with Crippen molar-refractivity contribution >= 4 is 11.3 Å². The molecule has 0 bridgehead atoms. The molecule has 0 spiro atoms. The van der Waals surface area contributed by atoms with Crippen molar-refractivity contribution in [2.45, 2.75) is 20.4 Å². The number of aryl methyl sites for hydroxylation is 1. The van der Waals surface area contributed by atoms with E-state index in [9.17, 15) is 0 Å². The molecule has 0 fully saturated rings. The van der Waals surface area contributed by atoms with E-state index in [0.29, 0.717) is 0 Å². The summed E-state index contributed by atoms with van der Waals surface area (Å²) in [5.41, 5.74) is 1.10. The lowest BCUT2D eigenvalue weighted by Gasteiger charge is -1.93. The molecule has 0 saturated carbocycles. The van der Waals surface area contributed by atoms with E-state index in [2.05, 4.69) is 22.4 Å². The van der Waals surface area contributed by atoms with Crippen LogP contribution in [-0.4, -0.2) is 16.7 Å². The van der Waals surface area contributed by atoms with Crippen LogP contribution in [0.15, 0.2) is 16.7 Å².